The van der Waals surface area contributed by atoms with E-state index in [2.05, 4.69) is 43.9 Å². The predicted octanol–water partition coefficient (Wildman–Crippen LogP) is 4.59. The maximum atomic E-state index is 9.95. The number of aromatic nitrogens is 1. The van der Waals surface area contributed by atoms with Crippen LogP contribution in [0.2, 0.25) is 0 Å². The second-order valence-corrected chi connectivity index (χ2v) is 6.61. The van der Waals surface area contributed by atoms with Gasteiger partial charge in [0.1, 0.15) is 17.5 Å². The zero-order valence-corrected chi connectivity index (χ0v) is 14.8. The van der Waals surface area contributed by atoms with Crippen molar-refractivity contribution in [2.45, 2.75) is 40.0 Å². The van der Waals surface area contributed by atoms with Crippen LogP contribution >= 0.6 is 0 Å². The summed E-state index contributed by atoms with van der Waals surface area (Å²) >= 11 is 0. The molecule has 0 bridgehead atoms. The molecule has 1 aromatic carbocycles. The van der Waals surface area contributed by atoms with Crippen molar-refractivity contribution >= 4 is 5.82 Å². The van der Waals surface area contributed by atoms with Crippen LogP contribution < -0.4 is 4.90 Å². The van der Waals surface area contributed by atoms with Gasteiger partial charge in [-0.1, -0.05) is 37.3 Å². The highest BCUT2D eigenvalue weighted by Gasteiger charge is 2.26. The number of aryl methyl sites for hydroxylation is 1. The third kappa shape index (κ3) is 2.89. The molecule has 1 aromatic heterocycles. The molecule has 0 spiro atoms. The van der Waals surface area contributed by atoms with Crippen molar-refractivity contribution in [3.63, 3.8) is 0 Å². The molecular formula is C21H25N3. The number of hydrogen-bond acceptors (Lipinski definition) is 3. The van der Waals surface area contributed by atoms with Crippen LogP contribution in [-0.2, 0) is 12.8 Å². The number of rotatable bonds is 4. The Morgan fingerprint density at radius 1 is 1.21 bits per heavy atom. The predicted molar refractivity (Wildman–Crippen MR) is 99.1 cm³/mol. The number of nitriles is 1. The first-order valence-electron chi connectivity index (χ1n) is 8.95. The van der Waals surface area contributed by atoms with E-state index in [4.69, 9.17) is 4.98 Å². The summed E-state index contributed by atoms with van der Waals surface area (Å²) in [7, 11) is 0. The lowest BCUT2D eigenvalue weighted by Gasteiger charge is -2.29. The number of anilines is 1. The molecule has 0 saturated carbocycles. The lowest BCUT2D eigenvalue weighted by Crippen LogP contribution is -2.26. The molecule has 3 nitrogen and oxygen atoms in total. The molecule has 3 rings (SSSR count). The fraction of sp³-hybridized carbons (Fsp3) is 0.429. The normalized spacial score (nSPS) is 16.3. The molecule has 1 heterocycles. The smallest absolute Gasteiger partial charge is 0.147 e. The Hall–Kier alpha value is -2.34. The van der Waals surface area contributed by atoms with Crippen molar-refractivity contribution in [3.05, 3.63) is 47.2 Å². The third-order valence-corrected chi connectivity index (χ3v) is 5.03. The molecule has 1 atom stereocenters. The molecule has 1 aliphatic rings. The quantitative estimate of drug-likeness (QED) is 0.827. The number of hydrogen-bond donors (Lipinski definition) is 0. The number of nitrogens with zero attached hydrogens (tertiary/aromatic N) is 3. The van der Waals surface area contributed by atoms with Gasteiger partial charge >= 0.3 is 0 Å². The number of pyridine rings is 1. The largest absolute Gasteiger partial charge is 0.356 e. The third-order valence-electron chi connectivity index (χ3n) is 5.03. The fourth-order valence-corrected chi connectivity index (χ4v) is 3.70. The monoisotopic (exact) mass is 319 g/mol. The highest BCUT2D eigenvalue weighted by molar-refractivity contribution is 5.80. The van der Waals surface area contributed by atoms with Gasteiger partial charge in [0.05, 0.1) is 0 Å². The minimum absolute atomic E-state index is 0.646. The van der Waals surface area contributed by atoms with Gasteiger partial charge < -0.3 is 4.90 Å². The van der Waals surface area contributed by atoms with Gasteiger partial charge in [0.25, 0.3) is 0 Å². The summed E-state index contributed by atoms with van der Waals surface area (Å²) in [5.41, 5.74) is 5.45. The molecule has 2 aromatic rings. The Bertz CT molecular complexity index is 755. The zero-order chi connectivity index (χ0) is 17.1. The van der Waals surface area contributed by atoms with Crippen LogP contribution in [0.25, 0.3) is 11.1 Å². The van der Waals surface area contributed by atoms with Crippen LogP contribution in [0.3, 0.4) is 0 Å². The highest BCUT2D eigenvalue weighted by atomic mass is 15.2. The SMILES string of the molecule is CCN(CC)c1nc2c(c(-c3ccccc3)c1C#N)CC(C)CC2. The molecule has 24 heavy (non-hydrogen) atoms. The average Bonchev–Trinajstić information content (AvgIpc) is 2.62. The van der Waals surface area contributed by atoms with E-state index in [0.29, 0.717) is 5.92 Å². The molecule has 0 amide bonds. The first kappa shape index (κ1) is 16.5. The van der Waals surface area contributed by atoms with Crippen molar-refractivity contribution < 1.29 is 0 Å². The molecule has 0 saturated heterocycles. The van der Waals surface area contributed by atoms with Gasteiger partial charge in [0.15, 0.2) is 0 Å². The highest BCUT2D eigenvalue weighted by Crippen LogP contribution is 2.38. The summed E-state index contributed by atoms with van der Waals surface area (Å²) < 4.78 is 0. The lowest BCUT2D eigenvalue weighted by molar-refractivity contribution is 0.494. The van der Waals surface area contributed by atoms with Crippen molar-refractivity contribution in [3.8, 4) is 17.2 Å². The second kappa shape index (κ2) is 7.05. The summed E-state index contributed by atoms with van der Waals surface area (Å²) in [5.74, 6) is 1.50. The van der Waals surface area contributed by atoms with Crippen LogP contribution in [0.4, 0.5) is 5.82 Å². The summed E-state index contributed by atoms with van der Waals surface area (Å²) in [6, 6.07) is 12.8. The minimum Gasteiger partial charge on any atom is -0.356 e. The van der Waals surface area contributed by atoms with Crippen molar-refractivity contribution in [1.29, 1.82) is 5.26 Å². The van der Waals surface area contributed by atoms with Crippen LogP contribution in [0.15, 0.2) is 30.3 Å². The topological polar surface area (TPSA) is 39.9 Å². The Kier molecular flexibility index (Phi) is 4.85. The van der Waals surface area contributed by atoms with Crippen LogP contribution in [0, 0.1) is 17.2 Å². The number of fused-ring (bicyclic) bond motifs is 1. The molecule has 0 N–H and O–H groups in total. The molecule has 3 heteroatoms. The Balaban J connectivity index is 2.31. The second-order valence-electron chi connectivity index (χ2n) is 6.61. The maximum Gasteiger partial charge on any atom is 0.147 e. The van der Waals surface area contributed by atoms with Gasteiger partial charge in [0.2, 0.25) is 0 Å². The zero-order valence-electron chi connectivity index (χ0n) is 14.8. The van der Waals surface area contributed by atoms with Gasteiger partial charge in [-0.2, -0.15) is 5.26 Å². The van der Waals surface area contributed by atoms with E-state index >= 15 is 0 Å². The van der Waals surface area contributed by atoms with E-state index in [9.17, 15) is 5.26 Å². The van der Waals surface area contributed by atoms with Crippen LogP contribution in [-0.4, -0.2) is 18.1 Å². The van der Waals surface area contributed by atoms with E-state index in [1.54, 1.807) is 0 Å². The van der Waals surface area contributed by atoms with E-state index in [0.717, 1.165) is 48.4 Å². The van der Waals surface area contributed by atoms with Crippen LogP contribution in [0.1, 0.15) is 44.0 Å². The van der Waals surface area contributed by atoms with Crippen molar-refractivity contribution in [1.82, 2.24) is 4.98 Å². The van der Waals surface area contributed by atoms with Crippen molar-refractivity contribution in [2.75, 3.05) is 18.0 Å². The molecule has 124 valence electrons. The first-order valence-corrected chi connectivity index (χ1v) is 8.95. The lowest BCUT2D eigenvalue weighted by atomic mass is 9.82. The molecule has 0 radical (unpaired) electrons. The van der Waals surface area contributed by atoms with Gasteiger partial charge in [-0.05, 0) is 50.2 Å². The van der Waals surface area contributed by atoms with Crippen LogP contribution in [0.5, 0.6) is 0 Å². The first-order chi connectivity index (χ1) is 11.7. The summed E-state index contributed by atoms with van der Waals surface area (Å²) in [4.78, 5) is 7.15. The molecule has 1 aliphatic carbocycles. The Labute approximate surface area is 145 Å². The summed E-state index contributed by atoms with van der Waals surface area (Å²) in [5, 5.41) is 9.95. The molecule has 1 unspecified atom stereocenters. The van der Waals surface area contributed by atoms with Crippen molar-refractivity contribution in [2.24, 2.45) is 5.92 Å². The summed E-state index contributed by atoms with van der Waals surface area (Å²) in [6.07, 6.45) is 3.20. The number of benzene rings is 1. The molecule has 0 fully saturated rings. The fourth-order valence-electron chi connectivity index (χ4n) is 3.70. The maximum absolute atomic E-state index is 9.95. The molecular weight excluding hydrogens is 294 g/mol. The Morgan fingerprint density at radius 2 is 1.92 bits per heavy atom. The van der Waals surface area contributed by atoms with Gasteiger partial charge in [-0.15, -0.1) is 0 Å². The Morgan fingerprint density at radius 3 is 2.54 bits per heavy atom. The summed E-state index contributed by atoms with van der Waals surface area (Å²) in [6.45, 7) is 8.26. The van der Waals surface area contributed by atoms with E-state index in [1.165, 1.54) is 17.7 Å². The average molecular weight is 319 g/mol. The minimum atomic E-state index is 0.646. The van der Waals surface area contributed by atoms with E-state index in [1.807, 2.05) is 18.2 Å². The van der Waals surface area contributed by atoms with E-state index < -0.39 is 0 Å². The van der Waals surface area contributed by atoms with Gasteiger partial charge in [-0.25, -0.2) is 4.98 Å². The molecule has 0 aliphatic heterocycles. The standard InChI is InChI=1S/C21H25N3/c1-4-24(5-2)21-18(14-22)20(16-9-7-6-8-10-16)17-13-15(3)11-12-19(17)23-21/h6-10,15H,4-5,11-13H2,1-3H3. The van der Waals surface area contributed by atoms with E-state index in [-0.39, 0.29) is 0 Å². The van der Waals surface area contributed by atoms with Gasteiger partial charge in [-0.3, -0.25) is 0 Å². The van der Waals surface area contributed by atoms with Gasteiger partial charge in [0, 0.05) is 24.3 Å².